The molecule has 0 aliphatic rings. The molecule has 0 aliphatic carbocycles. The van der Waals surface area contributed by atoms with Gasteiger partial charge >= 0.3 is 0 Å². The first kappa shape index (κ1) is 12.5. The molecule has 0 saturated heterocycles. The molecule has 0 saturated carbocycles. The van der Waals surface area contributed by atoms with Gasteiger partial charge in [-0.25, -0.2) is 0 Å². The van der Waals surface area contributed by atoms with Crippen molar-refractivity contribution in [2.24, 2.45) is 5.73 Å². The Bertz CT molecular complexity index is 471. The Balaban J connectivity index is 2.32. The number of carbonyl (C=O) groups excluding carboxylic acids is 1. The largest absolute Gasteiger partial charge is 0.369 e. The number of hydrogen-bond donors (Lipinski definition) is 1. The van der Waals surface area contributed by atoms with Crippen molar-refractivity contribution < 1.29 is 9.00 Å². The van der Waals surface area contributed by atoms with Gasteiger partial charge in [-0.05, 0) is 44.8 Å². The first-order chi connectivity index (χ1) is 8.18. The molecule has 0 spiro atoms. The molecule has 0 radical (unpaired) electrons. The molecule has 1 atom stereocenters. The molecule has 1 unspecified atom stereocenters. The van der Waals surface area contributed by atoms with Crippen LogP contribution in [0.4, 0.5) is 0 Å². The lowest BCUT2D eigenvalue weighted by Crippen LogP contribution is -2.23. The third-order valence-electron chi connectivity index (χ3n) is 2.24. The molecule has 17 heavy (non-hydrogen) atoms. The summed E-state index contributed by atoms with van der Waals surface area (Å²) >= 11 is 3.11. The van der Waals surface area contributed by atoms with E-state index in [1.54, 1.807) is 22.7 Å². The molecule has 2 heterocycles. The topological polar surface area (TPSA) is 60.2 Å². The van der Waals surface area contributed by atoms with Crippen molar-refractivity contribution in [3.05, 3.63) is 44.8 Å². The Hall–Kier alpha value is -0.980. The zero-order valence-electron chi connectivity index (χ0n) is 8.87. The number of hydrogen-bond acceptors (Lipinski definition) is 4. The van der Waals surface area contributed by atoms with Crippen LogP contribution < -0.4 is 5.73 Å². The second-order valence-corrected chi connectivity index (χ2v) is 6.57. The molecule has 3 nitrogen and oxygen atoms in total. The van der Waals surface area contributed by atoms with E-state index < -0.39 is 16.7 Å². The molecular weight excluding hydrogens is 274 g/mol. The number of amides is 1. The number of thiophene rings is 2. The van der Waals surface area contributed by atoms with E-state index in [0.29, 0.717) is 0 Å². The summed E-state index contributed by atoms with van der Waals surface area (Å²) in [6, 6.07) is 3.87. The third-order valence-corrected chi connectivity index (χ3v) is 5.28. The van der Waals surface area contributed by atoms with E-state index >= 15 is 0 Å². The average molecular weight is 285 g/mol. The first-order valence-corrected chi connectivity index (χ1v) is 8.15. The SMILES string of the molecule is NC(=O)CS(=O)C(c1ccsc1)c1ccsc1. The van der Waals surface area contributed by atoms with Crippen LogP contribution in [0.1, 0.15) is 16.4 Å². The Kier molecular flexibility index (Phi) is 4.09. The molecule has 2 rings (SSSR count). The van der Waals surface area contributed by atoms with Gasteiger partial charge in [-0.2, -0.15) is 22.7 Å². The van der Waals surface area contributed by atoms with Gasteiger partial charge in [0.05, 0.1) is 5.25 Å². The van der Waals surface area contributed by atoms with E-state index in [4.69, 9.17) is 5.73 Å². The van der Waals surface area contributed by atoms with Crippen molar-refractivity contribution in [2.75, 3.05) is 5.75 Å². The summed E-state index contributed by atoms with van der Waals surface area (Å²) in [6.07, 6.45) is 0. The number of nitrogens with two attached hydrogens (primary N) is 1. The minimum Gasteiger partial charge on any atom is -0.369 e. The van der Waals surface area contributed by atoms with Crippen LogP contribution in [0.3, 0.4) is 0 Å². The van der Waals surface area contributed by atoms with Crippen LogP contribution in [0.15, 0.2) is 33.7 Å². The van der Waals surface area contributed by atoms with Gasteiger partial charge in [0.15, 0.2) is 0 Å². The molecule has 2 aromatic rings. The second kappa shape index (κ2) is 5.57. The highest BCUT2D eigenvalue weighted by atomic mass is 32.2. The van der Waals surface area contributed by atoms with Crippen molar-refractivity contribution in [1.82, 2.24) is 0 Å². The number of rotatable bonds is 5. The van der Waals surface area contributed by atoms with Crippen molar-refractivity contribution in [3.8, 4) is 0 Å². The van der Waals surface area contributed by atoms with Crippen LogP contribution in [0.2, 0.25) is 0 Å². The number of carbonyl (C=O) groups is 1. The fourth-order valence-electron chi connectivity index (χ4n) is 1.57. The third kappa shape index (κ3) is 3.02. The molecule has 0 aromatic carbocycles. The Labute approximate surface area is 110 Å². The van der Waals surface area contributed by atoms with E-state index in [0.717, 1.165) is 11.1 Å². The number of primary amides is 1. The summed E-state index contributed by atoms with van der Waals surface area (Å²) in [5.41, 5.74) is 7.07. The van der Waals surface area contributed by atoms with E-state index in [1.807, 2.05) is 33.7 Å². The lowest BCUT2D eigenvalue weighted by atomic mass is 10.1. The van der Waals surface area contributed by atoms with E-state index in [9.17, 15) is 9.00 Å². The summed E-state index contributed by atoms with van der Waals surface area (Å²) in [6.45, 7) is 0. The minimum atomic E-state index is -1.31. The minimum absolute atomic E-state index is 0.101. The molecule has 0 fully saturated rings. The molecule has 2 N–H and O–H groups in total. The highest BCUT2D eigenvalue weighted by molar-refractivity contribution is 7.86. The molecule has 90 valence electrons. The summed E-state index contributed by atoms with van der Waals surface area (Å²) in [5, 5.41) is 7.55. The van der Waals surface area contributed by atoms with Gasteiger partial charge < -0.3 is 5.73 Å². The van der Waals surface area contributed by atoms with Gasteiger partial charge in [0.2, 0.25) is 5.91 Å². The quantitative estimate of drug-likeness (QED) is 0.915. The molecule has 2 aromatic heterocycles. The van der Waals surface area contributed by atoms with Crippen molar-refractivity contribution in [2.45, 2.75) is 5.25 Å². The summed E-state index contributed by atoms with van der Waals surface area (Å²) in [7, 11) is -1.31. The molecule has 1 amide bonds. The van der Waals surface area contributed by atoms with Crippen LogP contribution in [0.5, 0.6) is 0 Å². The molecule has 6 heteroatoms. The Morgan fingerprint density at radius 1 is 1.24 bits per heavy atom. The van der Waals surface area contributed by atoms with Gasteiger partial charge in [0.1, 0.15) is 5.75 Å². The molecule has 0 bridgehead atoms. The van der Waals surface area contributed by atoms with Crippen molar-refractivity contribution in [3.63, 3.8) is 0 Å². The van der Waals surface area contributed by atoms with Crippen molar-refractivity contribution in [1.29, 1.82) is 0 Å². The average Bonchev–Trinajstić information content (AvgIpc) is 2.88. The van der Waals surface area contributed by atoms with Crippen LogP contribution in [0.25, 0.3) is 0 Å². The normalized spacial score (nSPS) is 12.8. The van der Waals surface area contributed by atoms with Gasteiger partial charge in [-0.3, -0.25) is 9.00 Å². The maximum absolute atomic E-state index is 12.2. The fourth-order valence-corrected chi connectivity index (χ4v) is 4.46. The van der Waals surface area contributed by atoms with E-state index in [1.165, 1.54) is 0 Å². The van der Waals surface area contributed by atoms with Gasteiger partial charge in [-0.15, -0.1) is 0 Å². The smallest absolute Gasteiger partial charge is 0.230 e. The lowest BCUT2D eigenvalue weighted by Gasteiger charge is -2.13. The summed E-state index contributed by atoms with van der Waals surface area (Å²) in [5.74, 6) is -0.630. The van der Waals surface area contributed by atoms with Crippen LogP contribution in [0, 0.1) is 0 Å². The van der Waals surface area contributed by atoms with Gasteiger partial charge in [0.25, 0.3) is 0 Å². The van der Waals surface area contributed by atoms with Crippen LogP contribution in [-0.4, -0.2) is 15.9 Å². The maximum atomic E-state index is 12.2. The monoisotopic (exact) mass is 285 g/mol. The van der Waals surface area contributed by atoms with Crippen LogP contribution in [-0.2, 0) is 15.6 Å². The first-order valence-electron chi connectivity index (χ1n) is 4.88. The zero-order chi connectivity index (χ0) is 12.3. The van der Waals surface area contributed by atoms with Gasteiger partial charge in [-0.1, -0.05) is 0 Å². The predicted molar refractivity (Wildman–Crippen MR) is 72.7 cm³/mol. The standard InChI is InChI=1S/C11H11NO2S3/c12-10(13)7-17(14)11(8-1-3-15-5-8)9-2-4-16-6-9/h1-6,11H,7H2,(H2,12,13). The van der Waals surface area contributed by atoms with Gasteiger partial charge in [0, 0.05) is 10.8 Å². The van der Waals surface area contributed by atoms with Crippen molar-refractivity contribution >= 4 is 39.4 Å². The highest BCUT2D eigenvalue weighted by Gasteiger charge is 2.23. The summed E-state index contributed by atoms with van der Waals surface area (Å²) < 4.78 is 12.2. The predicted octanol–water partition coefficient (Wildman–Crippen LogP) is 2.13. The van der Waals surface area contributed by atoms with E-state index in [-0.39, 0.29) is 11.0 Å². The Morgan fingerprint density at radius 3 is 2.12 bits per heavy atom. The molecule has 0 aliphatic heterocycles. The zero-order valence-corrected chi connectivity index (χ0v) is 11.3. The molecular formula is C11H11NO2S3. The highest BCUT2D eigenvalue weighted by Crippen LogP contribution is 2.31. The lowest BCUT2D eigenvalue weighted by molar-refractivity contribution is -0.115. The van der Waals surface area contributed by atoms with Crippen LogP contribution >= 0.6 is 22.7 Å². The fraction of sp³-hybridized carbons (Fsp3) is 0.182. The second-order valence-electron chi connectivity index (χ2n) is 3.48. The summed E-state index contributed by atoms with van der Waals surface area (Å²) in [4.78, 5) is 10.9. The van der Waals surface area contributed by atoms with E-state index in [2.05, 4.69) is 0 Å². The maximum Gasteiger partial charge on any atom is 0.230 e. The Morgan fingerprint density at radius 2 is 1.76 bits per heavy atom.